The molecular weight excluding hydrogens is 194 g/mol. The van der Waals surface area contributed by atoms with Gasteiger partial charge in [-0.1, -0.05) is 13.3 Å². The topological polar surface area (TPSA) is 36.4 Å². The molecule has 0 spiro atoms. The van der Waals surface area contributed by atoms with Crippen LogP contribution in [0.4, 0.5) is 0 Å². The van der Waals surface area contributed by atoms with Gasteiger partial charge in [-0.3, -0.25) is 5.43 Å². The van der Waals surface area contributed by atoms with Gasteiger partial charge in [0.15, 0.2) is 5.11 Å². The van der Waals surface area contributed by atoms with Gasteiger partial charge in [0, 0.05) is 12.3 Å². The van der Waals surface area contributed by atoms with Crippen LogP contribution in [0.25, 0.3) is 0 Å². The van der Waals surface area contributed by atoms with Gasteiger partial charge in [0.05, 0.1) is 0 Å². The number of nitrogens with zero attached hydrogens (tertiary/aromatic N) is 1. The second-order valence-electron chi connectivity index (χ2n) is 3.72. The van der Waals surface area contributed by atoms with E-state index in [1.165, 1.54) is 25.0 Å². The van der Waals surface area contributed by atoms with Crippen molar-refractivity contribution < 1.29 is 0 Å². The number of hydrazone groups is 1. The van der Waals surface area contributed by atoms with Crippen LogP contribution in [-0.4, -0.2) is 17.4 Å². The molecule has 14 heavy (non-hydrogen) atoms. The molecule has 0 amide bonds. The Hall–Kier alpha value is -0.640. The van der Waals surface area contributed by atoms with Gasteiger partial charge in [-0.2, -0.15) is 5.10 Å². The van der Waals surface area contributed by atoms with Crippen LogP contribution >= 0.6 is 12.2 Å². The molecule has 1 aliphatic carbocycles. The summed E-state index contributed by atoms with van der Waals surface area (Å²) in [6.07, 6.45) is 4.97. The van der Waals surface area contributed by atoms with Gasteiger partial charge < -0.3 is 5.32 Å². The van der Waals surface area contributed by atoms with Crippen LogP contribution in [0.2, 0.25) is 0 Å². The van der Waals surface area contributed by atoms with Crippen LogP contribution in [0.1, 0.15) is 39.5 Å². The molecule has 4 heteroatoms. The summed E-state index contributed by atoms with van der Waals surface area (Å²) < 4.78 is 0. The van der Waals surface area contributed by atoms with Gasteiger partial charge in [0.1, 0.15) is 0 Å². The largest absolute Gasteiger partial charge is 0.362 e. The Morgan fingerprint density at radius 2 is 2.36 bits per heavy atom. The minimum absolute atomic E-state index is 0.612. The highest BCUT2D eigenvalue weighted by molar-refractivity contribution is 7.80. The van der Waals surface area contributed by atoms with Gasteiger partial charge >= 0.3 is 0 Å². The molecule has 0 aromatic carbocycles. The third-order valence-electron chi connectivity index (χ3n) is 2.53. The summed E-state index contributed by atoms with van der Waals surface area (Å²) in [5.41, 5.74) is 4.15. The van der Waals surface area contributed by atoms with E-state index in [9.17, 15) is 0 Å². The summed E-state index contributed by atoms with van der Waals surface area (Å²) >= 11 is 5.03. The summed E-state index contributed by atoms with van der Waals surface area (Å²) in [5, 5.41) is 7.98. The molecule has 0 aliphatic heterocycles. The van der Waals surface area contributed by atoms with Crippen molar-refractivity contribution in [2.75, 3.05) is 6.54 Å². The molecule has 0 radical (unpaired) electrons. The first kappa shape index (κ1) is 11.4. The van der Waals surface area contributed by atoms with Crippen LogP contribution in [0.3, 0.4) is 0 Å². The van der Waals surface area contributed by atoms with Crippen molar-refractivity contribution in [3.63, 3.8) is 0 Å². The zero-order valence-electron chi connectivity index (χ0n) is 8.97. The van der Waals surface area contributed by atoms with E-state index in [1.807, 2.05) is 6.92 Å². The summed E-state index contributed by atoms with van der Waals surface area (Å²) in [6.45, 7) is 5.09. The zero-order chi connectivity index (χ0) is 10.4. The summed E-state index contributed by atoms with van der Waals surface area (Å²) in [4.78, 5) is 0. The highest BCUT2D eigenvalue weighted by Gasteiger charge is 2.15. The van der Waals surface area contributed by atoms with Gasteiger partial charge in [-0.05, 0) is 44.3 Å². The van der Waals surface area contributed by atoms with Gasteiger partial charge in [-0.25, -0.2) is 0 Å². The highest BCUT2D eigenvalue weighted by atomic mass is 32.1. The molecule has 1 atom stereocenters. The van der Waals surface area contributed by atoms with Crippen LogP contribution in [0.5, 0.6) is 0 Å². The van der Waals surface area contributed by atoms with E-state index in [-0.39, 0.29) is 0 Å². The van der Waals surface area contributed by atoms with E-state index >= 15 is 0 Å². The van der Waals surface area contributed by atoms with E-state index in [4.69, 9.17) is 12.2 Å². The molecule has 1 aliphatic rings. The maximum absolute atomic E-state index is 5.03. The standard InChI is InChI=1S/C10H19N3S/c1-3-11-10(14)13-12-9-7-5-4-6-8(9)2/h8H,3-7H2,1-2H3,(H2,11,13,14). The first-order chi connectivity index (χ1) is 6.74. The molecule has 0 saturated heterocycles. The average Bonchev–Trinajstić information content (AvgIpc) is 2.17. The zero-order valence-corrected chi connectivity index (χ0v) is 9.78. The molecule has 3 nitrogen and oxygen atoms in total. The second-order valence-corrected chi connectivity index (χ2v) is 4.13. The lowest BCUT2D eigenvalue weighted by atomic mass is 9.89. The van der Waals surface area contributed by atoms with E-state index in [2.05, 4.69) is 22.8 Å². The first-order valence-corrected chi connectivity index (χ1v) is 5.75. The molecule has 0 heterocycles. The van der Waals surface area contributed by atoms with Crippen LogP contribution in [0, 0.1) is 5.92 Å². The molecule has 0 aromatic heterocycles. The Kier molecular flexibility index (Phi) is 4.87. The fourth-order valence-corrected chi connectivity index (χ4v) is 1.85. The normalized spacial score (nSPS) is 24.7. The molecule has 80 valence electrons. The molecule has 0 bridgehead atoms. The molecule has 2 N–H and O–H groups in total. The minimum Gasteiger partial charge on any atom is -0.362 e. The van der Waals surface area contributed by atoms with Crippen LogP contribution in [-0.2, 0) is 0 Å². The predicted octanol–water partition coefficient (Wildman–Crippen LogP) is 2.04. The quantitative estimate of drug-likeness (QED) is 0.544. The highest BCUT2D eigenvalue weighted by Crippen LogP contribution is 2.20. The Morgan fingerprint density at radius 3 is 3.00 bits per heavy atom. The Bertz CT molecular complexity index is 225. The second kappa shape index (κ2) is 5.96. The van der Waals surface area contributed by atoms with Gasteiger partial charge in [0.2, 0.25) is 0 Å². The summed E-state index contributed by atoms with van der Waals surface area (Å²) in [7, 11) is 0. The van der Waals surface area contributed by atoms with Crippen LogP contribution in [0.15, 0.2) is 5.10 Å². The predicted molar refractivity (Wildman–Crippen MR) is 64.5 cm³/mol. The Morgan fingerprint density at radius 1 is 1.57 bits per heavy atom. The minimum atomic E-state index is 0.612. The number of hydrogen-bond acceptors (Lipinski definition) is 2. The number of hydrogen-bond donors (Lipinski definition) is 2. The number of rotatable bonds is 2. The molecule has 0 aromatic rings. The van der Waals surface area contributed by atoms with Crippen molar-refractivity contribution >= 4 is 23.0 Å². The van der Waals surface area contributed by atoms with Crippen molar-refractivity contribution in [2.24, 2.45) is 11.0 Å². The van der Waals surface area contributed by atoms with E-state index < -0.39 is 0 Å². The van der Waals surface area contributed by atoms with E-state index in [0.29, 0.717) is 11.0 Å². The molecular formula is C10H19N3S. The maximum atomic E-state index is 5.03. The van der Waals surface area contributed by atoms with Crippen molar-refractivity contribution in [3.05, 3.63) is 0 Å². The third-order valence-corrected chi connectivity index (χ3v) is 2.76. The van der Waals surface area contributed by atoms with Crippen molar-refractivity contribution in [3.8, 4) is 0 Å². The molecule has 1 fully saturated rings. The Balaban J connectivity index is 2.38. The van der Waals surface area contributed by atoms with E-state index in [1.54, 1.807) is 0 Å². The van der Waals surface area contributed by atoms with Gasteiger partial charge in [-0.15, -0.1) is 0 Å². The average molecular weight is 213 g/mol. The lowest BCUT2D eigenvalue weighted by Crippen LogP contribution is -2.33. The van der Waals surface area contributed by atoms with Crippen molar-refractivity contribution in [2.45, 2.75) is 39.5 Å². The molecule has 1 rings (SSSR count). The number of thiocarbonyl (C=S) groups is 1. The molecule has 1 saturated carbocycles. The fourth-order valence-electron chi connectivity index (χ4n) is 1.66. The monoisotopic (exact) mass is 213 g/mol. The Labute approximate surface area is 91.3 Å². The van der Waals surface area contributed by atoms with Gasteiger partial charge in [0.25, 0.3) is 0 Å². The SMILES string of the molecule is CCNC(=S)NN=C1CCCCC1C. The van der Waals surface area contributed by atoms with Crippen LogP contribution < -0.4 is 10.7 Å². The maximum Gasteiger partial charge on any atom is 0.186 e. The fraction of sp³-hybridized carbons (Fsp3) is 0.800. The summed E-state index contributed by atoms with van der Waals surface area (Å²) in [6, 6.07) is 0. The number of nitrogens with one attached hydrogen (secondary N) is 2. The lowest BCUT2D eigenvalue weighted by Gasteiger charge is -2.20. The van der Waals surface area contributed by atoms with Crippen molar-refractivity contribution in [1.29, 1.82) is 0 Å². The summed E-state index contributed by atoms with van der Waals surface area (Å²) in [5.74, 6) is 0.612. The van der Waals surface area contributed by atoms with E-state index in [0.717, 1.165) is 13.0 Å². The third kappa shape index (κ3) is 3.62. The van der Waals surface area contributed by atoms with Crippen molar-refractivity contribution in [1.82, 2.24) is 10.7 Å². The molecule has 1 unspecified atom stereocenters. The smallest absolute Gasteiger partial charge is 0.186 e. The lowest BCUT2D eigenvalue weighted by molar-refractivity contribution is 0.555. The first-order valence-electron chi connectivity index (χ1n) is 5.34.